The highest BCUT2D eigenvalue weighted by atomic mass is 79.9. The van der Waals surface area contributed by atoms with Gasteiger partial charge in [0.05, 0.1) is 0 Å². The number of halogens is 1. The van der Waals surface area contributed by atoms with Crippen molar-refractivity contribution in [2.75, 3.05) is 10.6 Å². The van der Waals surface area contributed by atoms with Gasteiger partial charge in [-0.15, -0.1) is 0 Å². The maximum Gasteiger partial charge on any atom is 0.246 e. The second kappa shape index (κ2) is 7.53. The van der Waals surface area contributed by atoms with E-state index in [2.05, 4.69) is 68.9 Å². The highest BCUT2D eigenvalue weighted by Gasteiger charge is 2.32. The summed E-state index contributed by atoms with van der Waals surface area (Å²) < 4.78 is 1.02. The molecule has 3 rings (SSSR count). The van der Waals surface area contributed by atoms with Crippen LogP contribution in [-0.4, -0.2) is 18.1 Å². The molecule has 2 atom stereocenters. The number of hydrazine groups is 2. The van der Waals surface area contributed by atoms with Gasteiger partial charge in [-0.25, -0.2) is 10.9 Å². The first-order valence-electron chi connectivity index (χ1n) is 8.11. The summed E-state index contributed by atoms with van der Waals surface area (Å²) in [5.41, 5.74) is 14.1. The molecule has 1 amide bonds. The lowest BCUT2D eigenvalue weighted by Gasteiger charge is -2.20. The Hall–Kier alpha value is -1.93. The SMILES string of the molecule is Cc1ccc(NC2NNNC2C(=O)Nc2ccc(Br)c(C)c2)cc1C. The molecule has 0 spiro atoms. The largest absolute Gasteiger partial charge is 0.367 e. The molecular weight excluding hydrogens is 382 g/mol. The van der Waals surface area contributed by atoms with Crippen molar-refractivity contribution in [1.29, 1.82) is 0 Å². The number of amides is 1. The third kappa shape index (κ3) is 4.19. The van der Waals surface area contributed by atoms with Crippen LogP contribution in [0.5, 0.6) is 0 Å². The molecule has 1 saturated heterocycles. The van der Waals surface area contributed by atoms with E-state index in [0.29, 0.717) is 0 Å². The summed E-state index contributed by atoms with van der Waals surface area (Å²) in [6.07, 6.45) is -0.279. The molecule has 1 aliphatic rings. The predicted molar refractivity (Wildman–Crippen MR) is 104 cm³/mol. The zero-order valence-electron chi connectivity index (χ0n) is 14.4. The summed E-state index contributed by atoms with van der Waals surface area (Å²) in [5, 5.41) is 6.29. The molecule has 1 heterocycles. The molecule has 1 aliphatic heterocycles. The van der Waals surface area contributed by atoms with E-state index < -0.39 is 6.04 Å². The monoisotopic (exact) mass is 403 g/mol. The first-order valence-corrected chi connectivity index (χ1v) is 8.90. The Labute approximate surface area is 155 Å². The molecule has 0 aromatic heterocycles. The van der Waals surface area contributed by atoms with Crippen molar-refractivity contribution in [3.05, 3.63) is 57.6 Å². The van der Waals surface area contributed by atoms with Crippen LogP contribution in [0.4, 0.5) is 11.4 Å². The smallest absolute Gasteiger partial charge is 0.246 e. The van der Waals surface area contributed by atoms with Gasteiger partial charge in [0.25, 0.3) is 0 Å². The van der Waals surface area contributed by atoms with Crippen molar-refractivity contribution in [3.63, 3.8) is 0 Å². The number of hydrogen-bond acceptors (Lipinski definition) is 5. The maximum absolute atomic E-state index is 12.6. The van der Waals surface area contributed by atoms with Gasteiger partial charge >= 0.3 is 0 Å². The van der Waals surface area contributed by atoms with Crippen molar-refractivity contribution in [2.24, 2.45) is 0 Å². The quantitative estimate of drug-likeness (QED) is 0.542. The van der Waals surface area contributed by atoms with E-state index in [0.717, 1.165) is 21.4 Å². The van der Waals surface area contributed by atoms with Crippen LogP contribution >= 0.6 is 15.9 Å². The molecule has 0 bridgehead atoms. The van der Waals surface area contributed by atoms with Gasteiger partial charge in [-0.2, -0.15) is 5.53 Å². The summed E-state index contributed by atoms with van der Waals surface area (Å²) in [6.45, 7) is 6.13. The van der Waals surface area contributed by atoms with Crippen LogP contribution in [-0.2, 0) is 4.79 Å². The minimum Gasteiger partial charge on any atom is -0.367 e. The molecule has 5 N–H and O–H groups in total. The van der Waals surface area contributed by atoms with E-state index >= 15 is 0 Å². The third-order valence-electron chi connectivity index (χ3n) is 4.33. The van der Waals surface area contributed by atoms with Gasteiger partial charge < -0.3 is 10.6 Å². The lowest BCUT2D eigenvalue weighted by atomic mass is 10.1. The molecule has 2 aromatic carbocycles. The number of nitrogens with one attached hydrogen (secondary N) is 5. The number of aryl methyl sites for hydroxylation is 3. The van der Waals surface area contributed by atoms with Gasteiger partial charge in [0, 0.05) is 15.8 Å². The molecule has 2 unspecified atom stereocenters. The molecule has 25 heavy (non-hydrogen) atoms. The second-order valence-corrected chi connectivity index (χ2v) is 7.12. The van der Waals surface area contributed by atoms with Crippen molar-refractivity contribution >= 4 is 33.2 Å². The summed E-state index contributed by atoms with van der Waals surface area (Å²) >= 11 is 3.46. The van der Waals surface area contributed by atoms with E-state index in [1.807, 2.05) is 31.2 Å². The van der Waals surface area contributed by atoms with Gasteiger partial charge in [-0.05, 0) is 67.8 Å². The highest BCUT2D eigenvalue weighted by molar-refractivity contribution is 9.10. The number of carbonyl (C=O) groups is 1. The zero-order chi connectivity index (χ0) is 18.0. The van der Waals surface area contributed by atoms with Crippen LogP contribution in [0, 0.1) is 20.8 Å². The van der Waals surface area contributed by atoms with Crippen molar-refractivity contribution in [1.82, 2.24) is 16.4 Å². The summed E-state index contributed by atoms with van der Waals surface area (Å²) in [6, 6.07) is 11.4. The van der Waals surface area contributed by atoms with E-state index in [1.165, 1.54) is 11.1 Å². The van der Waals surface area contributed by atoms with Crippen molar-refractivity contribution < 1.29 is 4.79 Å². The van der Waals surface area contributed by atoms with E-state index in [9.17, 15) is 4.79 Å². The number of rotatable bonds is 4. The summed E-state index contributed by atoms with van der Waals surface area (Å²) in [5.74, 6) is -0.124. The number of hydrogen-bond donors (Lipinski definition) is 5. The van der Waals surface area contributed by atoms with E-state index in [-0.39, 0.29) is 12.1 Å². The molecular formula is C18H22BrN5O. The minimum absolute atomic E-state index is 0.124. The third-order valence-corrected chi connectivity index (χ3v) is 5.22. The van der Waals surface area contributed by atoms with Gasteiger partial charge in [0.15, 0.2) is 0 Å². The molecule has 1 fully saturated rings. The molecule has 0 saturated carbocycles. The fourth-order valence-electron chi connectivity index (χ4n) is 2.65. The average Bonchev–Trinajstić information content (AvgIpc) is 3.03. The maximum atomic E-state index is 12.6. The Kier molecular flexibility index (Phi) is 5.39. The van der Waals surface area contributed by atoms with Crippen LogP contribution in [0.1, 0.15) is 16.7 Å². The molecule has 2 aromatic rings. The first kappa shape index (κ1) is 17.9. The second-order valence-electron chi connectivity index (χ2n) is 6.27. The van der Waals surface area contributed by atoms with Crippen LogP contribution in [0.3, 0.4) is 0 Å². The van der Waals surface area contributed by atoms with Crippen LogP contribution in [0.25, 0.3) is 0 Å². The number of anilines is 2. The number of benzene rings is 2. The van der Waals surface area contributed by atoms with Crippen LogP contribution < -0.4 is 27.0 Å². The topological polar surface area (TPSA) is 77.2 Å². The molecule has 132 valence electrons. The number of carbonyl (C=O) groups excluding carboxylic acids is 1. The predicted octanol–water partition coefficient (Wildman–Crippen LogP) is 2.73. The van der Waals surface area contributed by atoms with Gasteiger partial charge in [-0.3, -0.25) is 4.79 Å². The van der Waals surface area contributed by atoms with Gasteiger partial charge in [-0.1, -0.05) is 22.0 Å². The molecule has 6 nitrogen and oxygen atoms in total. The van der Waals surface area contributed by atoms with E-state index in [1.54, 1.807) is 0 Å². The Balaban J connectivity index is 1.68. The van der Waals surface area contributed by atoms with E-state index in [4.69, 9.17) is 0 Å². The van der Waals surface area contributed by atoms with Crippen LogP contribution in [0.15, 0.2) is 40.9 Å². The van der Waals surface area contributed by atoms with Crippen molar-refractivity contribution in [3.8, 4) is 0 Å². The Bertz CT molecular complexity index is 795. The average molecular weight is 404 g/mol. The zero-order valence-corrected chi connectivity index (χ0v) is 16.0. The normalized spacial score (nSPS) is 19.7. The lowest BCUT2D eigenvalue weighted by molar-refractivity contribution is -0.118. The fraction of sp³-hybridized carbons (Fsp3) is 0.278. The lowest BCUT2D eigenvalue weighted by Crippen LogP contribution is -2.47. The standard InChI is InChI=1S/C18H22BrN5O/c1-10-4-5-13(8-11(10)2)20-17-16(22-24-23-17)18(25)21-14-6-7-15(19)12(3)9-14/h4-9,16-17,20,22-24H,1-3H3,(H,21,25). The summed E-state index contributed by atoms with van der Waals surface area (Å²) in [7, 11) is 0. The Morgan fingerprint density at radius 2 is 1.68 bits per heavy atom. The van der Waals surface area contributed by atoms with Gasteiger partial charge in [0.2, 0.25) is 5.91 Å². The highest BCUT2D eigenvalue weighted by Crippen LogP contribution is 2.21. The van der Waals surface area contributed by atoms with Gasteiger partial charge in [0.1, 0.15) is 12.2 Å². The molecule has 0 aliphatic carbocycles. The molecule has 7 heteroatoms. The van der Waals surface area contributed by atoms with Crippen LogP contribution in [0.2, 0.25) is 0 Å². The molecule has 0 radical (unpaired) electrons. The van der Waals surface area contributed by atoms with Crippen molar-refractivity contribution in [2.45, 2.75) is 33.0 Å². The minimum atomic E-state index is -0.467. The first-order chi connectivity index (χ1) is 11.9. The Morgan fingerprint density at radius 3 is 2.40 bits per heavy atom. The fourth-order valence-corrected chi connectivity index (χ4v) is 2.90. The summed E-state index contributed by atoms with van der Waals surface area (Å²) in [4.78, 5) is 12.6. The Morgan fingerprint density at radius 1 is 0.960 bits per heavy atom.